The van der Waals surface area contributed by atoms with Crippen molar-refractivity contribution in [3.05, 3.63) is 84.3 Å². The fraction of sp³-hybridized carbons (Fsp3) is 0.0455. The van der Waals surface area contributed by atoms with E-state index < -0.39 is 11.6 Å². The molecule has 4 aromatic rings. The Labute approximate surface area is 165 Å². The van der Waals surface area contributed by atoms with E-state index in [2.05, 4.69) is 20.6 Å². The van der Waals surface area contributed by atoms with Crippen molar-refractivity contribution in [2.24, 2.45) is 0 Å². The summed E-state index contributed by atoms with van der Waals surface area (Å²) in [4.78, 5) is 13.3. The third-order valence-electron chi connectivity index (χ3n) is 4.80. The molecule has 1 aliphatic heterocycles. The van der Waals surface area contributed by atoms with E-state index in [0.29, 0.717) is 11.5 Å². The van der Waals surface area contributed by atoms with Gasteiger partial charge in [0, 0.05) is 52.9 Å². The number of nitrogens with zero attached hydrogens (tertiary/aromatic N) is 3. The Morgan fingerprint density at radius 3 is 2.69 bits per heavy atom. The van der Waals surface area contributed by atoms with Gasteiger partial charge in [-0.2, -0.15) is 0 Å². The van der Waals surface area contributed by atoms with E-state index in [1.807, 2.05) is 30.3 Å². The van der Waals surface area contributed by atoms with Crippen LogP contribution in [0.25, 0.3) is 22.4 Å². The van der Waals surface area contributed by atoms with Gasteiger partial charge in [0.2, 0.25) is 5.95 Å². The fourth-order valence-corrected chi connectivity index (χ4v) is 3.38. The second-order valence-corrected chi connectivity index (χ2v) is 6.64. The molecule has 2 aromatic carbocycles. The molecule has 0 fully saturated rings. The summed E-state index contributed by atoms with van der Waals surface area (Å²) in [7, 11) is 0. The molecule has 0 spiro atoms. The van der Waals surface area contributed by atoms with Crippen LogP contribution in [-0.2, 0) is 6.54 Å². The highest BCUT2D eigenvalue weighted by Crippen LogP contribution is 2.42. The van der Waals surface area contributed by atoms with Crippen molar-refractivity contribution >= 4 is 17.3 Å². The van der Waals surface area contributed by atoms with Crippen LogP contribution in [0.1, 0.15) is 5.56 Å². The van der Waals surface area contributed by atoms with Crippen molar-refractivity contribution in [2.45, 2.75) is 6.54 Å². The molecule has 7 heteroatoms. The maximum Gasteiger partial charge on any atom is 0.223 e. The molecule has 2 aromatic heterocycles. The molecular formula is C22H15F2N5. The Hall–Kier alpha value is -3.87. The summed E-state index contributed by atoms with van der Waals surface area (Å²) < 4.78 is 27.0. The van der Waals surface area contributed by atoms with E-state index in [-0.39, 0.29) is 6.54 Å². The van der Waals surface area contributed by atoms with Gasteiger partial charge in [-0.25, -0.2) is 18.7 Å². The van der Waals surface area contributed by atoms with Gasteiger partial charge in [-0.3, -0.25) is 4.98 Å². The summed E-state index contributed by atoms with van der Waals surface area (Å²) in [6, 6.07) is 13.3. The zero-order chi connectivity index (χ0) is 19.8. The lowest BCUT2D eigenvalue weighted by Crippen LogP contribution is -2.06. The Balaban J connectivity index is 1.56. The molecule has 5 nitrogen and oxygen atoms in total. The van der Waals surface area contributed by atoms with Crippen LogP contribution >= 0.6 is 0 Å². The van der Waals surface area contributed by atoms with Gasteiger partial charge in [0.25, 0.3) is 0 Å². The standard InChI is InChI=1S/C22H15F2N5/c23-14-6-5-13(18(24)9-14)10-26-22-27-11-17-15-7-8-25-12-20(15)28-19-4-2-1-3-16(19)21(17)29-22/h1-9,11-12,28H,10H2,(H,26,27,29). The van der Waals surface area contributed by atoms with Gasteiger partial charge >= 0.3 is 0 Å². The van der Waals surface area contributed by atoms with Gasteiger partial charge in [0.15, 0.2) is 0 Å². The SMILES string of the molecule is Fc1ccc(CNc2ncc3c(n2)-c2ccccc2Nc2cnccc2-3)c(F)c1. The van der Waals surface area contributed by atoms with E-state index in [1.165, 1.54) is 12.1 Å². The first-order valence-electron chi connectivity index (χ1n) is 9.05. The molecule has 0 amide bonds. The van der Waals surface area contributed by atoms with Gasteiger partial charge in [0.1, 0.15) is 11.6 Å². The number of hydrogen-bond acceptors (Lipinski definition) is 5. The minimum absolute atomic E-state index is 0.144. The Kier molecular flexibility index (Phi) is 4.13. The zero-order valence-electron chi connectivity index (χ0n) is 15.2. The summed E-state index contributed by atoms with van der Waals surface area (Å²) in [6.45, 7) is 0.144. The summed E-state index contributed by atoms with van der Waals surface area (Å²) in [6.07, 6.45) is 5.24. The molecule has 1 aliphatic rings. The molecule has 0 bridgehead atoms. The molecule has 2 N–H and O–H groups in total. The Morgan fingerprint density at radius 2 is 1.79 bits per heavy atom. The number of halogens is 2. The fourth-order valence-electron chi connectivity index (χ4n) is 3.38. The Bertz CT molecular complexity index is 1230. The predicted molar refractivity (Wildman–Crippen MR) is 108 cm³/mol. The van der Waals surface area contributed by atoms with E-state index in [0.717, 1.165) is 39.8 Å². The highest BCUT2D eigenvalue weighted by Gasteiger charge is 2.21. The van der Waals surface area contributed by atoms with Gasteiger partial charge in [0.05, 0.1) is 17.6 Å². The number of pyridine rings is 1. The molecule has 3 heterocycles. The van der Waals surface area contributed by atoms with Crippen LogP contribution in [0.3, 0.4) is 0 Å². The first kappa shape index (κ1) is 17.2. The molecule has 0 radical (unpaired) electrons. The van der Waals surface area contributed by atoms with Crippen LogP contribution in [0.5, 0.6) is 0 Å². The van der Waals surface area contributed by atoms with Crippen LogP contribution in [0, 0.1) is 11.6 Å². The molecular weight excluding hydrogens is 372 g/mol. The zero-order valence-corrected chi connectivity index (χ0v) is 15.2. The summed E-state index contributed by atoms with van der Waals surface area (Å²) in [5, 5.41) is 6.43. The molecule has 142 valence electrons. The third kappa shape index (κ3) is 3.16. The van der Waals surface area contributed by atoms with Gasteiger partial charge in [-0.1, -0.05) is 24.3 Å². The van der Waals surface area contributed by atoms with Crippen molar-refractivity contribution < 1.29 is 8.78 Å². The number of para-hydroxylation sites is 1. The van der Waals surface area contributed by atoms with Crippen LogP contribution in [0.15, 0.2) is 67.1 Å². The number of aromatic nitrogens is 3. The van der Waals surface area contributed by atoms with Gasteiger partial charge in [-0.15, -0.1) is 0 Å². The van der Waals surface area contributed by atoms with E-state index >= 15 is 0 Å². The van der Waals surface area contributed by atoms with Crippen LogP contribution in [-0.4, -0.2) is 15.0 Å². The average molecular weight is 387 g/mol. The minimum atomic E-state index is -0.608. The molecule has 0 saturated carbocycles. The number of benzene rings is 2. The number of fused-ring (bicyclic) bond motifs is 5. The van der Waals surface area contributed by atoms with E-state index in [9.17, 15) is 8.78 Å². The van der Waals surface area contributed by atoms with E-state index in [1.54, 1.807) is 18.6 Å². The molecule has 0 atom stereocenters. The lowest BCUT2D eigenvalue weighted by atomic mass is 10.0. The van der Waals surface area contributed by atoms with Crippen molar-refractivity contribution in [1.82, 2.24) is 15.0 Å². The summed E-state index contributed by atoms with van der Waals surface area (Å²) >= 11 is 0. The molecule has 0 saturated heterocycles. The lowest BCUT2D eigenvalue weighted by molar-refractivity contribution is 0.574. The highest BCUT2D eigenvalue weighted by molar-refractivity contribution is 5.96. The summed E-state index contributed by atoms with van der Waals surface area (Å²) in [5.41, 5.74) is 5.63. The topological polar surface area (TPSA) is 62.7 Å². The van der Waals surface area contributed by atoms with Gasteiger partial charge in [-0.05, 0) is 18.2 Å². The van der Waals surface area contributed by atoms with Crippen molar-refractivity contribution in [2.75, 3.05) is 10.6 Å². The first-order valence-corrected chi connectivity index (χ1v) is 9.05. The monoisotopic (exact) mass is 387 g/mol. The van der Waals surface area contributed by atoms with Crippen molar-refractivity contribution in [3.8, 4) is 22.4 Å². The normalized spacial score (nSPS) is 11.5. The highest BCUT2D eigenvalue weighted by atomic mass is 19.1. The molecule has 5 rings (SSSR count). The maximum absolute atomic E-state index is 13.9. The van der Waals surface area contributed by atoms with Gasteiger partial charge < -0.3 is 10.6 Å². The van der Waals surface area contributed by atoms with Crippen LogP contribution < -0.4 is 10.6 Å². The number of rotatable bonds is 3. The van der Waals surface area contributed by atoms with Crippen LogP contribution in [0.4, 0.5) is 26.1 Å². The quantitative estimate of drug-likeness (QED) is 0.448. The summed E-state index contributed by atoms with van der Waals surface area (Å²) in [5.74, 6) is -0.854. The van der Waals surface area contributed by atoms with Crippen LogP contribution in [0.2, 0.25) is 0 Å². The predicted octanol–water partition coefficient (Wildman–Crippen LogP) is 5.15. The minimum Gasteiger partial charge on any atom is -0.353 e. The molecule has 0 aliphatic carbocycles. The number of nitrogens with one attached hydrogen (secondary N) is 2. The maximum atomic E-state index is 13.9. The molecule has 0 unspecified atom stereocenters. The number of anilines is 3. The Morgan fingerprint density at radius 1 is 0.897 bits per heavy atom. The third-order valence-corrected chi connectivity index (χ3v) is 4.80. The van der Waals surface area contributed by atoms with Crippen molar-refractivity contribution in [1.29, 1.82) is 0 Å². The van der Waals surface area contributed by atoms with E-state index in [4.69, 9.17) is 4.98 Å². The number of hydrogen-bond donors (Lipinski definition) is 2. The smallest absolute Gasteiger partial charge is 0.223 e. The van der Waals surface area contributed by atoms with Crippen molar-refractivity contribution in [3.63, 3.8) is 0 Å². The lowest BCUT2D eigenvalue weighted by Gasteiger charge is -2.11. The average Bonchev–Trinajstić information content (AvgIpc) is 2.87. The molecule has 29 heavy (non-hydrogen) atoms. The largest absolute Gasteiger partial charge is 0.353 e. The second-order valence-electron chi connectivity index (χ2n) is 6.64. The first-order chi connectivity index (χ1) is 14.2. The second kappa shape index (κ2) is 6.94.